The zero-order valence-electron chi connectivity index (χ0n) is 18.1. The van der Waals surface area contributed by atoms with Crippen LogP contribution in [0.2, 0.25) is 0 Å². The fourth-order valence-corrected chi connectivity index (χ4v) is 3.31. The number of rotatable bonds is 5. The maximum atomic E-state index is 12.9. The Hall–Kier alpha value is -2.80. The van der Waals surface area contributed by atoms with Crippen LogP contribution >= 0.6 is 0 Å². The third-order valence-electron chi connectivity index (χ3n) is 4.77. The Balaban J connectivity index is 2.45. The molecule has 2 aliphatic rings. The summed E-state index contributed by atoms with van der Waals surface area (Å²) in [6.07, 6.45) is 20.1. The lowest BCUT2D eigenvalue weighted by atomic mass is 9.97. The van der Waals surface area contributed by atoms with Gasteiger partial charge in [-0.25, -0.2) is 4.79 Å². The number of hydrogen-bond acceptors (Lipinski definition) is 4. The molecule has 0 aromatic carbocycles. The van der Waals surface area contributed by atoms with Crippen molar-refractivity contribution >= 4 is 5.97 Å². The molecule has 4 heteroatoms. The molecular weight excluding hydrogens is 376 g/mol. The van der Waals surface area contributed by atoms with E-state index in [4.69, 9.17) is 9.15 Å². The van der Waals surface area contributed by atoms with Crippen LogP contribution in [-0.2, 0) is 11.2 Å². The van der Waals surface area contributed by atoms with E-state index in [1.807, 2.05) is 24.3 Å². The molecule has 0 saturated heterocycles. The van der Waals surface area contributed by atoms with E-state index < -0.39 is 11.6 Å². The van der Waals surface area contributed by atoms with Crippen LogP contribution in [-0.4, -0.2) is 5.97 Å². The standard InChI is InChI=1S/C26H32O4/c1-3-4-5-11-14-17-22-18-15-12-9-7-6-8-10-13-16-19-23-20-24(29-21(2)27)25(22)26(28)30-23/h4-5,14-15,17-18,20,22H,3,6,8,10-13,16,19H2,1-2H3/b5-4-,17-14+,18-15-. The van der Waals surface area contributed by atoms with E-state index in [0.717, 1.165) is 44.9 Å². The zero-order valence-corrected chi connectivity index (χ0v) is 18.1. The first kappa shape index (κ1) is 23.5. The summed E-state index contributed by atoms with van der Waals surface area (Å²) in [5.41, 5.74) is -0.105. The van der Waals surface area contributed by atoms with Gasteiger partial charge in [-0.05, 0) is 25.7 Å². The lowest BCUT2D eigenvalue weighted by molar-refractivity contribution is -0.131. The quantitative estimate of drug-likeness (QED) is 0.340. The predicted molar refractivity (Wildman–Crippen MR) is 121 cm³/mol. The number of allylic oxidation sites excluding steroid dienone is 6. The highest BCUT2D eigenvalue weighted by Crippen LogP contribution is 2.28. The van der Waals surface area contributed by atoms with Gasteiger partial charge < -0.3 is 9.15 Å². The van der Waals surface area contributed by atoms with Crippen LogP contribution in [0, 0.1) is 11.8 Å². The highest BCUT2D eigenvalue weighted by atomic mass is 16.5. The SMILES string of the molecule is CC/C=C\C/C=C/C1/C=C\CC#CCCCCCCc2cc(OC(C)=O)c1c(=O)o2. The minimum atomic E-state index is -0.453. The third-order valence-corrected chi connectivity index (χ3v) is 4.77. The molecule has 1 aliphatic heterocycles. The summed E-state index contributed by atoms with van der Waals surface area (Å²) < 4.78 is 11.0. The van der Waals surface area contributed by atoms with Gasteiger partial charge >= 0.3 is 11.6 Å². The van der Waals surface area contributed by atoms with Gasteiger partial charge in [-0.3, -0.25) is 4.79 Å². The molecule has 160 valence electrons. The molecule has 0 spiro atoms. The first-order valence-electron chi connectivity index (χ1n) is 10.9. The van der Waals surface area contributed by atoms with E-state index >= 15 is 0 Å². The molecule has 0 saturated carbocycles. The van der Waals surface area contributed by atoms with Crippen LogP contribution in [0.25, 0.3) is 0 Å². The minimum absolute atomic E-state index is 0.287. The van der Waals surface area contributed by atoms with Crippen molar-refractivity contribution in [2.75, 3.05) is 0 Å². The Kier molecular flexibility index (Phi) is 10.5. The lowest BCUT2D eigenvalue weighted by Gasteiger charge is -2.14. The topological polar surface area (TPSA) is 56.5 Å². The predicted octanol–water partition coefficient (Wildman–Crippen LogP) is 6.02. The minimum Gasteiger partial charge on any atom is -0.427 e. The average Bonchev–Trinajstić information content (AvgIpc) is 2.69. The molecule has 0 N–H and O–H groups in total. The van der Waals surface area contributed by atoms with Crippen molar-refractivity contribution in [3.63, 3.8) is 0 Å². The molecule has 1 aliphatic carbocycles. The van der Waals surface area contributed by atoms with Gasteiger partial charge in [0.2, 0.25) is 0 Å². The highest BCUT2D eigenvalue weighted by molar-refractivity contribution is 5.70. The maximum Gasteiger partial charge on any atom is 0.343 e. The van der Waals surface area contributed by atoms with Crippen LogP contribution in [0.15, 0.2) is 51.7 Å². The molecule has 1 aromatic rings. The van der Waals surface area contributed by atoms with Gasteiger partial charge in [-0.15, -0.1) is 5.92 Å². The van der Waals surface area contributed by atoms with Crippen molar-refractivity contribution in [2.24, 2.45) is 0 Å². The number of ether oxygens (including phenoxy) is 1. The summed E-state index contributed by atoms with van der Waals surface area (Å²) in [6.45, 7) is 3.43. The number of esters is 1. The van der Waals surface area contributed by atoms with Gasteiger partial charge in [-0.1, -0.05) is 62.1 Å². The van der Waals surface area contributed by atoms with Crippen LogP contribution in [0.4, 0.5) is 0 Å². The van der Waals surface area contributed by atoms with Crippen molar-refractivity contribution in [1.29, 1.82) is 0 Å². The summed E-state index contributed by atoms with van der Waals surface area (Å²) in [5.74, 6) is 6.42. The smallest absolute Gasteiger partial charge is 0.343 e. The van der Waals surface area contributed by atoms with Crippen molar-refractivity contribution in [3.05, 3.63) is 64.3 Å². The van der Waals surface area contributed by atoms with E-state index in [9.17, 15) is 9.59 Å². The number of carbonyl (C=O) groups is 1. The normalized spacial score (nSPS) is 18.9. The van der Waals surface area contributed by atoms with Gasteiger partial charge in [0.05, 0.1) is 5.56 Å². The van der Waals surface area contributed by atoms with Gasteiger partial charge in [0.1, 0.15) is 11.5 Å². The second-order valence-corrected chi connectivity index (χ2v) is 7.34. The Morgan fingerprint density at radius 2 is 2.03 bits per heavy atom. The van der Waals surface area contributed by atoms with Crippen LogP contribution in [0.3, 0.4) is 0 Å². The summed E-state index contributed by atoms with van der Waals surface area (Å²) in [6, 6.07) is 1.70. The largest absolute Gasteiger partial charge is 0.427 e. The van der Waals surface area contributed by atoms with Crippen molar-refractivity contribution in [2.45, 2.75) is 77.6 Å². The van der Waals surface area contributed by atoms with Crippen molar-refractivity contribution in [1.82, 2.24) is 0 Å². The molecule has 2 bridgehead atoms. The molecule has 0 amide bonds. The second-order valence-electron chi connectivity index (χ2n) is 7.34. The average molecular weight is 409 g/mol. The second kappa shape index (κ2) is 13.4. The molecule has 30 heavy (non-hydrogen) atoms. The lowest BCUT2D eigenvalue weighted by Crippen LogP contribution is -2.16. The fraction of sp³-hybridized carbons (Fsp3) is 0.462. The number of carbonyl (C=O) groups excluding carboxylic acids is 1. The monoisotopic (exact) mass is 408 g/mol. The van der Waals surface area contributed by atoms with E-state index in [1.54, 1.807) is 6.07 Å². The molecule has 1 atom stereocenters. The molecular formula is C26H32O4. The van der Waals surface area contributed by atoms with Crippen LogP contribution < -0.4 is 10.4 Å². The van der Waals surface area contributed by atoms with Gasteiger partial charge in [0.25, 0.3) is 0 Å². The number of aryl methyl sites for hydroxylation is 1. The summed E-state index contributed by atoms with van der Waals surface area (Å²) in [7, 11) is 0. The molecule has 3 rings (SSSR count). The van der Waals surface area contributed by atoms with Crippen LogP contribution in [0.5, 0.6) is 5.75 Å². The molecule has 2 heterocycles. The van der Waals surface area contributed by atoms with Gasteiger partial charge in [0, 0.05) is 38.2 Å². The molecule has 0 fully saturated rings. The highest BCUT2D eigenvalue weighted by Gasteiger charge is 2.20. The third kappa shape index (κ3) is 8.29. The van der Waals surface area contributed by atoms with E-state index in [0.29, 0.717) is 24.2 Å². The number of hydrogen-bond donors (Lipinski definition) is 0. The van der Waals surface area contributed by atoms with Crippen molar-refractivity contribution in [3.8, 4) is 17.6 Å². The van der Waals surface area contributed by atoms with E-state index in [-0.39, 0.29) is 11.7 Å². The summed E-state index contributed by atoms with van der Waals surface area (Å²) >= 11 is 0. The molecule has 0 radical (unpaired) electrons. The molecule has 1 unspecified atom stereocenters. The van der Waals surface area contributed by atoms with Gasteiger partial charge in [0.15, 0.2) is 0 Å². The number of fused-ring (bicyclic) bond motifs is 11. The van der Waals surface area contributed by atoms with E-state index in [1.165, 1.54) is 6.92 Å². The summed E-state index contributed by atoms with van der Waals surface area (Å²) in [4.78, 5) is 24.6. The van der Waals surface area contributed by atoms with E-state index in [2.05, 4.69) is 30.9 Å². The Bertz CT molecular complexity index is 890. The Labute approximate surface area is 179 Å². The molecule has 4 nitrogen and oxygen atoms in total. The van der Waals surface area contributed by atoms with Crippen LogP contribution in [0.1, 0.15) is 82.5 Å². The summed E-state index contributed by atoms with van der Waals surface area (Å²) in [5, 5.41) is 0. The first-order chi connectivity index (χ1) is 14.6. The Morgan fingerprint density at radius 3 is 2.83 bits per heavy atom. The van der Waals surface area contributed by atoms with Gasteiger partial charge in [-0.2, -0.15) is 0 Å². The molecule has 1 aromatic heterocycles. The van der Waals surface area contributed by atoms with Crippen molar-refractivity contribution < 1.29 is 13.9 Å². The Morgan fingerprint density at radius 1 is 1.20 bits per heavy atom. The maximum absolute atomic E-state index is 12.9. The zero-order chi connectivity index (χ0) is 21.6. The first-order valence-corrected chi connectivity index (χ1v) is 10.9. The fourth-order valence-electron chi connectivity index (χ4n) is 3.31.